The molecule has 0 bridgehead atoms. The first-order valence-electron chi connectivity index (χ1n) is 13.4. The number of hydrogen-bond acceptors (Lipinski definition) is 4. The molecule has 5 heteroatoms. The van der Waals surface area contributed by atoms with E-state index in [1.165, 1.54) is 5.69 Å². The number of anilines is 1. The minimum Gasteiger partial charge on any atom is -0.439 e. The van der Waals surface area contributed by atoms with Crippen LogP contribution in [0.15, 0.2) is 106 Å². The summed E-state index contributed by atoms with van der Waals surface area (Å²) < 4.78 is 8.62. The van der Waals surface area contributed by atoms with Crippen molar-refractivity contribution in [2.75, 3.05) is 31.1 Å². The first kappa shape index (κ1) is 24.3. The van der Waals surface area contributed by atoms with Gasteiger partial charge in [0.2, 0.25) is 5.71 Å². The van der Waals surface area contributed by atoms with Crippen molar-refractivity contribution in [3.63, 3.8) is 0 Å². The van der Waals surface area contributed by atoms with E-state index >= 15 is 0 Å². The summed E-state index contributed by atoms with van der Waals surface area (Å²) in [4.78, 5) is 18.2. The molecule has 0 unspecified atom stereocenters. The molecule has 0 spiro atoms. The maximum atomic E-state index is 13.3. The highest BCUT2D eigenvalue weighted by molar-refractivity contribution is 6.00. The summed E-state index contributed by atoms with van der Waals surface area (Å²) in [5, 5.41) is 0.624. The lowest BCUT2D eigenvalue weighted by molar-refractivity contribution is 0.209. The molecule has 0 saturated carbocycles. The summed E-state index contributed by atoms with van der Waals surface area (Å²) in [5.74, 6) is 0.729. The molecule has 1 aliphatic heterocycles. The molecule has 5 nitrogen and oxygen atoms in total. The van der Waals surface area contributed by atoms with Crippen LogP contribution in [-0.4, -0.2) is 41.7 Å². The SMILES string of the molecule is CC(C)N1CCN(c2ccc(-c3oc4c(c3-c3ccccc3)c(=O)ccn4Cc3ccccc3)cc2)CC1. The Morgan fingerprint density at radius 3 is 2.08 bits per heavy atom. The molecule has 5 aromatic rings. The van der Waals surface area contributed by atoms with Gasteiger partial charge in [0.05, 0.1) is 11.9 Å². The van der Waals surface area contributed by atoms with Crippen LogP contribution in [0.4, 0.5) is 5.69 Å². The minimum atomic E-state index is -0.0298. The highest BCUT2D eigenvalue weighted by atomic mass is 16.3. The van der Waals surface area contributed by atoms with Crippen molar-refractivity contribution in [1.29, 1.82) is 0 Å². The first-order chi connectivity index (χ1) is 18.6. The lowest BCUT2D eigenvalue weighted by Gasteiger charge is -2.38. The molecule has 3 heterocycles. The number of hydrogen-bond donors (Lipinski definition) is 0. The molecule has 0 atom stereocenters. The molecule has 6 rings (SSSR count). The van der Waals surface area contributed by atoms with E-state index in [0.717, 1.165) is 54.2 Å². The van der Waals surface area contributed by atoms with Gasteiger partial charge in [0.1, 0.15) is 5.76 Å². The molecular formula is C33H33N3O2. The fourth-order valence-electron chi connectivity index (χ4n) is 5.47. The zero-order chi connectivity index (χ0) is 26.1. The van der Waals surface area contributed by atoms with Gasteiger partial charge >= 0.3 is 0 Å². The van der Waals surface area contributed by atoms with Gasteiger partial charge in [0.25, 0.3) is 0 Å². The number of aromatic nitrogens is 1. The molecule has 0 N–H and O–H groups in total. The van der Waals surface area contributed by atoms with Crippen molar-refractivity contribution in [3.05, 3.63) is 113 Å². The molecule has 2 aromatic heterocycles. The van der Waals surface area contributed by atoms with Crippen LogP contribution in [0.3, 0.4) is 0 Å². The van der Waals surface area contributed by atoms with Gasteiger partial charge in [-0.25, -0.2) is 0 Å². The van der Waals surface area contributed by atoms with Crippen molar-refractivity contribution < 1.29 is 4.42 Å². The smallest absolute Gasteiger partial charge is 0.212 e. The second-order valence-electron chi connectivity index (χ2n) is 10.3. The van der Waals surface area contributed by atoms with Gasteiger partial charge in [-0.3, -0.25) is 9.69 Å². The molecule has 1 saturated heterocycles. The van der Waals surface area contributed by atoms with E-state index in [0.29, 0.717) is 23.7 Å². The number of piperazine rings is 1. The average Bonchev–Trinajstić information content (AvgIpc) is 3.38. The van der Waals surface area contributed by atoms with Crippen molar-refractivity contribution in [3.8, 4) is 22.5 Å². The highest BCUT2D eigenvalue weighted by Crippen LogP contribution is 2.40. The Kier molecular flexibility index (Phi) is 6.61. The molecule has 1 fully saturated rings. The fourth-order valence-corrected chi connectivity index (χ4v) is 5.47. The third-order valence-corrected chi connectivity index (χ3v) is 7.60. The predicted molar refractivity (Wildman–Crippen MR) is 156 cm³/mol. The van der Waals surface area contributed by atoms with Crippen LogP contribution in [-0.2, 0) is 6.54 Å². The van der Waals surface area contributed by atoms with Crippen LogP contribution in [0, 0.1) is 0 Å². The third kappa shape index (κ3) is 4.66. The van der Waals surface area contributed by atoms with Gasteiger partial charge < -0.3 is 13.9 Å². The first-order valence-corrected chi connectivity index (χ1v) is 13.4. The van der Waals surface area contributed by atoms with Crippen LogP contribution in [0.2, 0.25) is 0 Å². The quantitative estimate of drug-likeness (QED) is 0.265. The second kappa shape index (κ2) is 10.3. The fraction of sp³-hybridized carbons (Fsp3) is 0.242. The van der Waals surface area contributed by atoms with E-state index in [4.69, 9.17) is 4.42 Å². The molecule has 1 aliphatic rings. The maximum Gasteiger partial charge on any atom is 0.212 e. The van der Waals surface area contributed by atoms with Crippen LogP contribution >= 0.6 is 0 Å². The highest BCUT2D eigenvalue weighted by Gasteiger charge is 2.23. The van der Waals surface area contributed by atoms with Gasteiger partial charge in [0.15, 0.2) is 5.43 Å². The third-order valence-electron chi connectivity index (χ3n) is 7.60. The molecule has 0 radical (unpaired) electrons. The summed E-state index contributed by atoms with van der Waals surface area (Å²) >= 11 is 0. The van der Waals surface area contributed by atoms with Gasteiger partial charge in [-0.15, -0.1) is 0 Å². The second-order valence-corrected chi connectivity index (χ2v) is 10.3. The summed E-state index contributed by atoms with van der Waals surface area (Å²) in [6, 6.07) is 31.2. The van der Waals surface area contributed by atoms with Crippen molar-refractivity contribution in [2.45, 2.75) is 26.4 Å². The zero-order valence-corrected chi connectivity index (χ0v) is 22.0. The summed E-state index contributed by atoms with van der Waals surface area (Å²) in [7, 11) is 0. The Hall–Kier alpha value is -4.09. The van der Waals surface area contributed by atoms with Crippen LogP contribution in [0.1, 0.15) is 19.4 Å². The van der Waals surface area contributed by atoms with Gasteiger partial charge in [-0.2, -0.15) is 0 Å². The molecule has 3 aromatic carbocycles. The zero-order valence-electron chi connectivity index (χ0n) is 22.0. The van der Waals surface area contributed by atoms with E-state index in [-0.39, 0.29) is 5.43 Å². The van der Waals surface area contributed by atoms with Crippen LogP contribution in [0.5, 0.6) is 0 Å². The van der Waals surface area contributed by atoms with Crippen LogP contribution < -0.4 is 10.3 Å². The molecular weight excluding hydrogens is 470 g/mol. The van der Waals surface area contributed by atoms with E-state index in [2.05, 4.69) is 60.0 Å². The Bertz CT molecular complexity index is 1580. The number of pyridine rings is 1. The van der Waals surface area contributed by atoms with Crippen LogP contribution in [0.25, 0.3) is 33.6 Å². The largest absolute Gasteiger partial charge is 0.439 e. The van der Waals surface area contributed by atoms with Gasteiger partial charge in [-0.1, -0.05) is 60.7 Å². The van der Waals surface area contributed by atoms with E-state index in [1.54, 1.807) is 6.07 Å². The maximum absolute atomic E-state index is 13.3. The number of rotatable bonds is 6. The Balaban J connectivity index is 1.42. The minimum absolute atomic E-state index is 0.0298. The topological polar surface area (TPSA) is 41.6 Å². The monoisotopic (exact) mass is 503 g/mol. The Morgan fingerprint density at radius 2 is 1.42 bits per heavy atom. The lowest BCUT2D eigenvalue weighted by atomic mass is 9.99. The average molecular weight is 504 g/mol. The number of furan rings is 1. The lowest BCUT2D eigenvalue weighted by Crippen LogP contribution is -2.48. The number of fused-ring (bicyclic) bond motifs is 1. The molecule has 0 aliphatic carbocycles. The summed E-state index contributed by atoms with van der Waals surface area (Å²) in [5.41, 5.74) is 5.74. The standard InChI is InChI=1S/C33H33N3O2/c1-24(2)34-19-21-35(22-20-34)28-15-13-27(14-16-28)32-30(26-11-7-4-8-12-26)31-29(37)17-18-36(33(31)38-32)23-25-9-5-3-6-10-25/h3-18,24H,19-23H2,1-2H3. The molecule has 192 valence electrons. The number of benzene rings is 3. The van der Waals surface area contributed by atoms with Crippen molar-refractivity contribution >= 4 is 16.8 Å². The molecule has 38 heavy (non-hydrogen) atoms. The Morgan fingerprint density at radius 1 is 0.763 bits per heavy atom. The van der Waals surface area contributed by atoms with Crippen molar-refractivity contribution in [2.24, 2.45) is 0 Å². The van der Waals surface area contributed by atoms with Gasteiger partial charge in [-0.05, 0) is 49.2 Å². The van der Waals surface area contributed by atoms with Gasteiger partial charge in [0, 0.05) is 61.3 Å². The summed E-state index contributed by atoms with van der Waals surface area (Å²) in [6.45, 7) is 9.36. The Labute approximate surface area is 223 Å². The van der Waals surface area contributed by atoms with E-state index in [9.17, 15) is 4.79 Å². The summed E-state index contributed by atoms with van der Waals surface area (Å²) in [6.07, 6.45) is 1.83. The molecule has 0 amide bonds. The van der Waals surface area contributed by atoms with Crippen molar-refractivity contribution in [1.82, 2.24) is 9.47 Å². The normalized spacial score (nSPS) is 14.4. The van der Waals surface area contributed by atoms with E-state index in [1.807, 2.05) is 59.3 Å². The van der Waals surface area contributed by atoms with E-state index < -0.39 is 0 Å². The number of nitrogens with zero attached hydrogens (tertiary/aromatic N) is 3. The predicted octanol–water partition coefficient (Wildman–Crippen LogP) is 6.51.